The van der Waals surface area contributed by atoms with Crippen LogP contribution in [0.1, 0.15) is 69.8 Å². The van der Waals surface area contributed by atoms with Gasteiger partial charge < -0.3 is 4.90 Å². The Morgan fingerprint density at radius 1 is 1.08 bits per heavy atom. The van der Waals surface area contributed by atoms with Crippen LogP contribution >= 0.6 is 0 Å². The summed E-state index contributed by atoms with van der Waals surface area (Å²) in [5.74, 6) is 0.770. The molecule has 0 radical (unpaired) electrons. The average Bonchev–Trinajstić information content (AvgIpc) is 2.69. The highest BCUT2D eigenvalue weighted by atomic mass is 15.1. The van der Waals surface area contributed by atoms with Crippen LogP contribution in [0.15, 0.2) is 46.5 Å². The molecule has 0 bridgehead atoms. The highest BCUT2D eigenvalue weighted by Gasteiger charge is 2.20. The highest BCUT2D eigenvalue weighted by molar-refractivity contribution is 6.01. The van der Waals surface area contributed by atoms with E-state index in [2.05, 4.69) is 47.1 Å². The third-order valence-corrected chi connectivity index (χ3v) is 6.11. The second-order valence-corrected chi connectivity index (χ2v) is 7.77. The molecule has 1 aliphatic carbocycles. The summed E-state index contributed by atoms with van der Waals surface area (Å²) in [5.41, 5.74) is 6.09. The number of nitrogens with zero attached hydrogens (tertiary/aromatic N) is 2. The lowest BCUT2D eigenvalue weighted by molar-refractivity contribution is 0.210. The molecule has 1 heterocycles. The molecule has 1 saturated carbocycles. The third-order valence-electron chi connectivity index (χ3n) is 6.11. The first kappa shape index (κ1) is 18.4. The zero-order valence-corrected chi connectivity index (χ0v) is 16.1. The predicted molar refractivity (Wildman–Crippen MR) is 109 cm³/mol. The van der Waals surface area contributed by atoms with Crippen LogP contribution in [0, 0.1) is 0 Å². The summed E-state index contributed by atoms with van der Waals surface area (Å²) in [7, 11) is 1.96. The minimum atomic E-state index is 0.770. The van der Waals surface area contributed by atoms with E-state index in [1.165, 1.54) is 82.3 Å². The molecule has 1 aromatic carbocycles. The summed E-state index contributed by atoms with van der Waals surface area (Å²) >= 11 is 0. The Morgan fingerprint density at radius 2 is 1.80 bits per heavy atom. The van der Waals surface area contributed by atoms with E-state index in [0.717, 1.165) is 5.92 Å². The number of piperidine rings is 1. The molecule has 3 rings (SSSR count). The van der Waals surface area contributed by atoms with Gasteiger partial charge in [0.15, 0.2) is 0 Å². The molecule has 0 atom stereocenters. The summed E-state index contributed by atoms with van der Waals surface area (Å²) in [6.45, 7) is 6.12. The maximum absolute atomic E-state index is 4.53. The largest absolute Gasteiger partial charge is 0.303 e. The molecule has 0 aromatic heterocycles. The Morgan fingerprint density at radius 3 is 2.52 bits per heavy atom. The maximum atomic E-state index is 4.53. The molecular weight excluding hydrogens is 304 g/mol. The Labute approximate surface area is 154 Å². The van der Waals surface area contributed by atoms with Gasteiger partial charge in [-0.05, 0) is 95.0 Å². The zero-order valence-electron chi connectivity index (χ0n) is 16.1. The van der Waals surface area contributed by atoms with Crippen molar-refractivity contribution in [3.8, 4) is 0 Å². The van der Waals surface area contributed by atoms with Gasteiger partial charge in [-0.2, -0.15) is 0 Å². The monoisotopic (exact) mass is 338 g/mol. The van der Waals surface area contributed by atoms with E-state index in [9.17, 15) is 0 Å². The molecule has 2 heteroatoms. The third kappa shape index (κ3) is 5.04. The van der Waals surface area contributed by atoms with Crippen molar-refractivity contribution in [2.45, 2.75) is 64.2 Å². The molecule has 0 unspecified atom stereocenters. The molecule has 1 aliphatic heterocycles. The Balaban J connectivity index is 1.43. The van der Waals surface area contributed by atoms with Crippen molar-refractivity contribution in [1.29, 1.82) is 0 Å². The van der Waals surface area contributed by atoms with E-state index in [0.29, 0.717) is 0 Å². The quantitative estimate of drug-likeness (QED) is 0.681. The van der Waals surface area contributed by atoms with Crippen molar-refractivity contribution >= 4 is 5.71 Å². The highest BCUT2D eigenvalue weighted by Crippen LogP contribution is 2.29. The standard InChI is InChI=1S/C23H34N2/c1-19(22-12-6-7-13-23(22)24-2)9-8-16-25-17-14-21(15-18-25)20-10-4-3-5-11-20/h3-5,10-11,21H,6-9,12-18H2,1-2H3/b22-19+,24-23?. The van der Waals surface area contributed by atoms with Crippen molar-refractivity contribution in [1.82, 2.24) is 4.90 Å². The van der Waals surface area contributed by atoms with Crippen LogP contribution in [-0.4, -0.2) is 37.3 Å². The van der Waals surface area contributed by atoms with E-state index in [4.69, 9.17) is 0 Å². The number of hydrogen-bond acceptors (Lipinski definition) is 2. The molecule has 2 aliphatic rings. The molecule has 0 N–H and O–H groups in total. The topological polar surface area (TPSA) is 15.6 Å². The smallest absolute Gasteiger partial charge is 0.0376 e. The second-order valence-electron chi connectivity index (χ2n) is 7.77. The molecule has 25 heavy (non-hydrogen) atoms. The summed E-state index contributed by atoms with van der Waals surface area (Å²) in [6, 6.07) is 11.1. The molecule has 2 fully saturated rings. The van der Waals surface area contributed by atoms with E-state index in [1.807, 2.05) is 7.05 Å². The number of allylic oxidation sites excluding steroid dienone is 2. The summed E-state index contributed by atoms with van der Waals surface area (Å²) < 4.78 is 0. The van der Waals surface area contributed by atoms with E-state index in [-0.39, 0.29) is 0 Å². The van der Waals surface area contributed by atoms with Crippen molar-refractivity contribution < 1.29 is 0 Å². The number of aliphatic imine (C=N–C) groups is 1. The minimum Gasteiger partial charge on any atom is -0.303 e. The summed E-state index contributed by atoms with van der Waals surface area (Å²) in [4.78, 5) is 7.21. The van der Waals surface area contributed by atoms with Crippen LogP contribution in [0.4, 0.5) is 0 Å². The van der Waals surface area contributed by atoms with E-state index in [1.54, 1.807) is 11.1 Å². The van der Waals surface area contributed by atoms with Gasteiger partial charge in [0.25, 0.3) is 0 Å². The molecular formula is C23H34N2. The van der Waals surface area contributed by atoms with Crippen LogP contribution in [0.2, 0.25) is 0 Å². The lowest BCUT2D eigenvalue weighted by atomic mass is 9.88. The van der Waals surface area contributed by atoms with Crippen molar-refractivity contribution in [2.24, 2.45) is 4.99 Å². The lowest BCUT2D eigenvalue weighted by Crippen LogP contribution is -2.33. The fourth-order valence-corrected chi connectivity index (χ4v) is 4.53. The number of rotatable bonds is 5. The van der Waals surface area contributed by atoms with Crippen molar-refractivity contribution in [3.05, 3.63) is 47.0 Å². The molecule has 1 saturated heterocycles. The van der Waals surface area contributed by atoms with E-state index < -0.39 is 0 Å². The lowest BCUT2D eigenvalue weighted by Gasteiger charge is -2.32. The fraction of sp³-hybridized carbons (Fsp3) is 0.609. The molecule has 0 amide bonds. The van der Waals surface area contributed by atoms with Crippen LogP contribution in [-0.2, 0) is 0 Å². The zero-order chi connectivity index (χ0) is 17.5. The van der Waals surface area contributed by atoms with Crippen LogP contribution in [0.5, 0.6) is 0 Å². The van der Waals surface area contributed by atoms with Gasteiger partial charge in [0.05, 0.1) is 0 Å². The van der Waals surface area contributed by atoms with Gasteiger partial charge in [0.1, 0.15) is 0 Å². The average molecular weight is 339 g/mol. The number of hydrogen-bond donors (Lipinski definition) is 0. The van der Waals surface area contributed by atoms with Crippen molar-refractivity contribution in [3.63, 3.8) is 0 Å². The fourth-order valence-electron chi connectivity index (χ4n) is 4.53. The second kappa shape index (κ2) is 9.33. The summed E-state index contributed by atoms with van der Waals surface area (Å²) in [5, 5.41) is 0. The summed E-state index contributed by atoms with van der Waals surface area (Å²) in [6.07, 6.45) is 10.3. The Bertz CT molecular complexity index is 592. The molecule has 0 spiro atoms. The van der Waals surface area contributed by atoms with Crippen LogP contribution in [0.3, 0.4) is 0 Å². The first-order valence-electron chi connectivity index (χ1n) is 10.2. The van der Waals surface area contributed by atoms with Gasteiger partial charge >= 0.3 is 0 Å². The first-order valence-corrected chi connectivity index (χ1v) is 10.2. The van der Waals surface area contributed by atoms with Crippen LogP contribution in [0.25, 0.3) is 0 Å². The van der Waals surface area contributed by atoms with Gasteiger partial charge in [-0.3, -0.25) is 4.99 Å². The SMILES string of the molecule is CN=C1CCCC/C1=C(/C)CCCN1CCC(c2ccccc2)CC1. The van der Waals surface area contributed by atoms with Gasteiger partial charge in [0.2, 0.25) is 0 Å². The van der Waals surface area contributed by atoms with E-state index >= 15 is 0 Å². The number of benzene rings is 1. The van der Waals surface area contributed by atoms with Crippen molar-refractivity contribution in [2.75, 3.05) is 26.7 Å². The predicted octanol–water partition coefficient (Wildman–Crippen LogP) is 5.61. The minimum absolute atomic E-state index is 0.770. The molecule has 2 nitrogen and oxygen atoms in total. The number of likely N-dealkylation sites (tertiary alicyclic amines) is 1. The first-order chi connectivity index (χ1) is 12.3. The van der Waals surface area contributed by atoms with Gasteiger partial charge in [-0.1, -0.05) is 35.9 Å². The van der Waals surface area contributed by atoms with Crippen LogP contribution < -0.4 is 0 Å². The molecule has 136 valence electrons. The van der Waals surface area contributed by atoms with Gasteiger partial charge in [-0.25, -0.2) is 0 Å². The van der Waals surface area contributed by atoms with Gasteiger partial charge in [0, 0.05) is 12.8 Å². The Hall–Kier alpha value is -1.41. The Kier molecular flexibility index (Phi) is 6.86. The molecule has 1 aromatic rings. The van der Waals surface area contributed by atoms with Gasteiger partial charge in [-0.15, -0.1) is 0 Å². The normalized spacial score (nSPS) is 23.8. The maximum Gasteiger partial charge on any atom is 0.0376 e.